The quantitative estimate of drug-likeness (QED) is 0.689. The summed E-state index contributed by atoms with van der Waals surface area (Å²) in [5.74, 6) is 1.20. The lowest BCUT2D eigenvalue weighted by Gasteiger charge is -2.31. The molecule has 2 rings (SSSR count). The number of hydrogen-bond acceptors (Lipinski definition) is 5. The average molecular weight is 183 g/mol. The van der Waals surface area contributed by atoms with E-state index < -0.39 is 0 Å². The summed E-state index contributed by atoms with van der Waals surface area (Å²) in [6.45, 7) is 2.36. The van der Waals surface area contributed by atoms with Crippen molar-refractivity contribution >= 4 is 0 Å². The van der Waals surface area contributed by atoms with Gasteiger partial charge in [-0.1, -0.05) is 0 Å². The third-order valence-corrected chi connectivity index (χ3v) is 2.22. The van der Waals surface area contributed by atoms with Gasteiger partial charge in [-0.05, 0) is 12.8 Å². The SMILES string of the molecule is Cc1nnc(CNC2CC(O)C2)o1. The molecule has 1 heterocycles. The Bertz CT molecular complexity index is 281. The molecule has 0 spiro atoms. The van der Waals surface area contributed by atoms with E-state index in [1.54, 1.807) is 6.92 Å². The van der Waals surface area contributed by atoms with E-state index in [1.165, 1.54) is 0 Å². The van der Waals surface area contributed by atoms with Crippen LogP contribution in [-0.4, -0.2) is 27.4 Å². The Kier molecular flexibility index (Phi) is 2.28. The van der Waals surface area contributed by atoms with Gasteiger partial charge in [-0.2, -0.15) is 0 Å². The predicted octanol–water partition coefficient (Wildman–Crippen LogP) is -0.00908. The lowest BCUT2D eigenvalue weighted by molar-refractivity contribution is 0.0609. The van der Waals surface area contributed by atoms with Crippen LogP contribution in [0.4, 0.5) is 0 Å². The van der Waals surface area contributed by atoms with Crippen molar-refractivity contribution in [2.75, 3.05) is 0 Å². The van der Waals surface area contributed by atoms with Gasteiger partial charge in [0.1, 0.15) is 0 Å². The van der Waals surface area contributed by atoms with Gasteiger partial charge in [-0.15, -0.1) is 10.2 Å². The lowest BCUT2D eigenvalue weighted by atomic mass is 9.90. The summed E-state index contributed by atoms with van der Waals surface area (Å²) >= 11 is 0. The summed E-state index contributed by atoms with van der Waals surface area (Å²) in [7, 11) is 0. The summed E-state index contributed by atoms with van der Waals surface area (Å²) in [6.07, 6.45) is 1.53. The molecule has 0 radical (unpaired) electrons. The molecule has 1 aromatic heterocycles. The fourth-order valence-corrected chi connectivity index (χ4v) is 1.40. The van der Waals surface area contributed by atoms with Crippen LogP contribution < -0.4 is 5.32 Å². The van der Waals surface area contributed by atoms with Crippen LogP contribution in [0.3, 0.4) is 0 Å². The lowest BCUT2D eigenvalue weighted by Crippen LogP contribution is -2.43. The Balaban J connectivity index is 1.74. The van der Waals surface area contributed by atoms with Gasteiger partial charge in [0.2, 0.25) is 11.8 Å². The van der Waals surface area contributed by atoms with Gasteiger partial charge in [-0.25, -0.2) is 0 Å². The van der Waals surface area contributed by atoms with E-state index in [-0.39, 0.29) is 6.10 Å². The summed E-state index contributed by atoms with van der Waals surface area (Å²) in [5.41, 5.74) is 0. The topological polar surface area (TPSA) is 71.2 Å². The molecule has 1 aliphatic carbocycles. The molecule has 0 unspecified atom stereocenters. The number of hydrogen-bond donors (Lipinski definition) is 2. The first-order valence-electron chi connectivity index (χ1n) is 4.44. The maximum Gasteiger partial charge on any atom is 0.230 e. The Morgan fingerprint density at radius 2 is 2.31 bits per heavy atom. The van der Waals surface area contributed by atoms with Gasteiger partial charge >= 0.3 is 0 Å². The van der Waals surface area contributed by atoms with E-state index in [0.29, 0.717) is 24.4 Å². The normalized spacial score (nSPS) is 27.2. The van der Waals surface area contributed by atoms with Gasteiger partial charge in [0.15, 0.2) is 0 Å². The van der Waals surface area contributed by atoms with Crippen LogP contribution in [0.15, 0.2) is 4.42 Å². The van der Waals surface area contributed by atoms with E-state index in [1.807, 2.05) is 0 Å². The van der Waals surface area contributed by atoms with E-state index in [2.05, 4.69) is 15.5 Å². The van der Waals surface area contributed by atoms with E-state index in [9.17, 15) is 0 Å². The molecule has 1 fully saturated rings. The first-order valence-corrected chi connectivity index (χ1v) is 4.44. The Morgan fingerprint density at radius 3 is 2.85 bits per heavy atom. The molecule has 1 saturated carbocycles. The molecule has 1 aliphatic rings. The van der Waals surface area contributed by atoms with Crippen molar-refractivity contribution in [3.8, 4) is 0 Å². The van der Waals surface area contributed by atoms with Crippen LogP contribution in [0, 0.1) is 6.92 Å². The maximum atomic E-state index is 9.03. The molecule has 1 aromatic rings. The van der Waals surface area contributed by atoms with Crippen LogP contribution >= 0.6 is 0 Å². The highest BCUT2D eigenvalue weighted by Gasteiger charge is 2.26. The number of nitrogens with zero attached hydrogens (tertiary/aromatic N) is 2. The van der Waals surface area contributed by atoms with Crippen LogP contribution in [0.25, 0.3) is 0 Å². The highest BCUT2D eigenvalue weighted by molar-refractivity contribution is 4.87. The molecule has 0 aromatic carbocycles. The van der Waals surface area contributed by atoms with Crippen molar-refractivity contribution in [1.29, 1.82) is 0 Å². The molecule has 5 heteroatoms. The zero-order valence-electron chi connectivity index (χ0n) is 7.53. The Hall–Kier alpha value is -0.940. The van der Waals surface area contributed by atoms with Gasteiger partial charge in [0.25, 0.3) is 0 Å². The maximum absolute atomic E-state index is 9.03. The molecular weight excluding hydrogens is 170 g/mol. The average Bonchev–Trinajstić information content (AvgIpc) is 2.43. The van der Waals surface area contributed by atoms with E-state index in [4.69, 9.17) is 9.52 Å². The summed E-state index contributed by atoms with van der Waals surface area (Å²) < 4.78 is 5.18. The predicted molar refractivity (Wildman–Crippen MR) is 44.9 cm³/mol. The Labute approximate surface area is 76.2 Å². The van der Waals surface area contributed by atoms with Gasteiger partial charge in [0.05, 0.1) is 12.6 Å². The van der Waals surface area contributed by atoms with Crippen molar-refractivity contribution in [3.05, 3.63) is 11.8 Å². The van der Waals surface area contributed by atoms with Crippen molar-refractivity contribution in [3.63, 3.8) is 0 Å². The zero-order chi connectivity index (χ0) is 9.26. The number of rotatable bonds is 3. The second-order valence-corrected chi connectivity index (χ2v) is 3.42. The Morgan fingerprint density at radius 1 is 1.54 bits per heavy atom. The van der Waals surface area contributed by atoms with Crippen molar-refractivity contribution in [2.45, 2.75) is 38.5 Å². The first kappa shape index (κ1) is 8.65. The largest absolute Gasteiger partial charge is 0.424 e. The first-order chi connectivity index (χ1) is 6.24. The van der Waals surface area contributed by atoms with Gasteiger partial charge in [0, 0.05) is 13.0 Å². The molecule has 2 N–H and O–H groups in total. The van der Waals surface area contributed by atoms with E-state index >= 15 is 0 Å². The second kappa shape index (κ2) is 3.43. The van der Waals surface area contributed by atoms with Crippen molar-refractivity contribution in [1.82, 2.24) is 15.5 Å². The fourth-order valence-electron chi connectivity index (χ4n) is 1.40. The standard InChI is InChI=1S/C8H13N3O2/c1-5-10-11-8(13-5)4-9-6-2-7(12)3-6/h6-7,9,12H,2-4H2,1H3. The number of nitrogens with one attached hydrogen (secondary N) is 1. The fraction of sp³-hybridized carbons (Fsp3) is 0.750. The summed E-state index contributed by atoms with van der Waals surface area (Å²) in [5, 5.41) is 19.8. The third-order valence-electron chi connectivity index (χ3n) is 2.22. The molecule has 0 atom stereocenters. The number of aromatic nitrogens is 2. The van der Waals surface area contributed by atoms with Crippen LogP contribution in [0.2, 0.25) is 0 Å². The van der Waals surface area contributed by atoms with E-state index in [0.717, 1.165) is 12.8 Å². The smallest absolute Gasteiger partial charge is 0.230 e. The molecular formula is C8H13N3O2. The van der Waals surface area contributed by atoms with Crippen molar-refractivity contribution < 1.29 is 9.52 Å². The minimum Gasteiger partial charge on any atom is -0.424 e. The van der Waals surface area contributed by atoms with Crippen LogP contribution in [0.5, 0.6) is 0 Å². The third kappa shape index (κ3) is 2.05. The van der Waals surface area contributed by atoms with Crippen LogP contribution in [-0.2, 0) is 6.54 Å². The zero-order valence-corrected chi connectivity index (χ0v) is 7.53. The minimum absolute atomic E-state index is 0.123. The highest BCUT2D eigenvalue weighted by Crippen LogP contribution is 2.19. The number of aliphatic hydroxyl groups is 1. The molecule has 72 valence electrons. The second-order valence-electron chi connectivity index (χ2n) is 3.42. The molecule has 5 nitrogen and oxygen atoms in total. The molecule has 0 bridgehead atoms. The summed E-state index contributed by atoms with van der Waals surface area (Å²) in [6, 6.07) is 0.405. The highest BCUT2D eigenvalue weighted by atomic mass is 16.4. The van der Waals surface area contributed by atoms with Gasteiger partial charge in [-0.3, -0.25) is 0 Å². The number of aryl methyl sites for hydroxylation is 1. The molecule has 0 aliphatic heterocycles. The number of aliphatic hydroxyl groups excluding tert-OH is 1. The molecule has 13 heavy (non-hydrogen) atoms. The van der Waals surface area contributed by atoms with Crippen molar-refractivity contribution in [2.24, 2.45) is 0 Å². The van der Waals surface area contributed by atoms with Crippen LogP contribution in [0.1, 0.15) is 24.6 Å². The molecule has 0 amide bonds. The summed E-state index contributed by atoms with van der Waals surface area (Å²) in [4.78, 5) is 0. The minimum atomic E-state index is -0.123. The monoisotopic (exact) mass is 183 g/mol. The molecule has 0 saturated heterocycles. The van der Waals surface area contributed by atoms with Gasteiger partial charge < -0.3 is 14.8 Å².